The number of rotatable bonds is 9. The summed E-state index contributed by atoms with van der Waals surface area (Å²) < 4.78 is 12.7. The Bertz CT molecular complexity index is 1400. The molecule has 0 atom stereocenters. The summed E-state index contributed by atoms with van der Waals surface area (Å²) in [6.45, 7) is 11.1. The molecule has 204 valence electrons. The summed E-state index contributed by atoms with van der Waals surface area (Å²) in [6, 6.07) is 21.0. The minimum Gasteiger partial charge on any atom is -0.508 e. The molecule has 1 aromatic heterocycles. The highest BCUT2D eigenvalue weighted by Gasteiger charge is 2.20. The molecule has 3 aromatic carbocycles. The Kier molecular flexibility index (Phi) is 8.16. The van der Waals surface area contributed by atoms with Crippen molar-refractivity contribution in [2.24, 2.45) is 0 Å². The average Bonchev–Trinajstić information content (AvgIpc) is 3.61. The topological polar surface area (TPSA) is 45.2 Å². The normalized spacial score (nSPS) is 16.7. The summed E-state index contributed by atoms with van der Waals surface area (Å²) in [5, 5.41) is 11.4. The van der Waals surface area contributed by atoms with Gasteiger partial charge in [-0.3, -0.25) is 9.80 Å². The van der Waals surface area contributed by atoms with E-state index < -0.39 is 0 Å². The second kappa shape index (κ2) is 12.1. The Morgan fingerprint density at radius 1 is 0.897 bits per heavy atom. The Morgan fingerprint density at radius 3 is 2.46 bits per heavy atom. The van der Waals surface area contributed by atoms with E-state index >= 15 is 0 Å². The summed E-state index contributed by atoms with van der Waals surface area (Å²) in [7, 11) is 0. The van der Waals surface area contributed by atoms with E-state index in [0.29, 0.717) is 5.75 Å². The van der Waals surface area contributed by atoms with Crippen LogP contribution in [0.3, 0.4) is 0 Å². The van der Waals surface area contributed by atoms with Crippen LogP contribution in [-0.4, -0.2) is 74.0 Å². The van der Waals surface area contributed by atoms with Gasteiger partial charge in [-0.2, -0.15) is 0 Å². The molecular formula is C33H38N2O3S. The Morgan fingerprint density at radius 2 is 1.67 bits per heavy atom. The molecule has 2 aliphatic rings. The summed E-state index contributed by atoms with van der Waals surface area (Å²) in [5.74, 6) is 1.22. The van der Waals surface area contributed by atoms with Gasteiger partial charge in [0.2, 0.25) is 0 Å². The molecule has 3 heterocycles. The van der Waals surface area contributed by atoms with E-state index in [1.165, 1.54) is 64.0 Å². The van der Waals surface area contributed by atoms with Gasteiger partial charge in [0.1, 0.15) is 18.1 Å². The molecule has 39 heavy (non-hydrogen) atoms. The maximum atomic E-state index is 10.2. The average molecular weight is 543 g/mol. The van der Waals surface area contributed by atoms with E-state index in [0.717, 1.165) is 62.9 Å². The third-order valence-corrected chi connectivity index (χ3v) is 9.38. The second-order valence-corrected chi connectivity index (χ2v) is 11.8. The SMILES string of the molecule is Cc1c(CCN2CCOCC2)cccc1-c1c(-c2ccc(OCCN3CCCC3)cc2)sc2cc(O)ccc12. The maximum absolute atomic E-state index is 10.2. The van der Waals surface area contributed by atoms with Crippen molar-refractivity contribution in [3.05, 3.63) is 71.8 Å². The Labute approximate surface area is 235 Å². The van der Waals surface area contributed by atoms with Gasteiger partial charge in [0.25, 0.3) is 0 Å². The maximum Gasteiger partial charge on any atom is 0.119 e. The predicted molar refractivity (Wildman–Crippen MR) is 161 cm³/mol. The lowest BCUT2D eigenvalue weighted by Gasteiger charge is -2.26. The lowest BCUT2D eigenvalue weighted by Crippen LogP contribution is -2.37. The zero-order valence-electron chi connectivity index (χ0n) is 22.8. The van der Waals surface area contributed by atoms with E-state index in [1.54, 1.807) is 17.4 Å². The van der Waals surface area contributed by atoms with Crippen LogP contribution in [0.15, 0.2) is 60.7 Å². The number of nitrogens with zero attached hydrogens (tertiary/aromatic N) is 2. The number of ether oxygens (including phenoxy) is 2. The molecule has 0 amide bonds. The van der Waals surface area contributed by atoms with Crippen LogP contribution in [0.5, 0.6) is 11.5 Å². The smallest absolute Gasteiger partial charge is 0.119 e. The first-order valence-electron chi connectivity index (χ1n) is 14.3. The fraction of sp³-hybridized carbons (Fsp3) is 0.394. The summed E-state index contributed by atoms with van der Waals surface area (Å²) >= 11 is 1.75. The van der Waals surface area contributed by atoms with Crippen molar-refractivity contribution in [1.29, 1.82) is 0 Å². The van der Waals surface area contributed by atoms with Gasteiger partial charge in [-0.15, -0.1) is 11.3 Å². The lowest BCUT2D eigenvalue weighted by atomic mass is 9.92. The quantitative estimate of drug-likeness (QED) is 0.258. The highest BCUT2D eigenvalue weighted by Crippen LogP contribution is 2.47. The highest BCUT2D eigenvalue weighted by molar-refractivity contribution is 7.23. The monoisotopic (exact) mass is 542 g/mol. The number of hydrogen-bond acceptors (Lipinski definition) is 6. The van der Waals surface area contributed by atoms with Crippen molar-refractivity contribution in [2.45, 2.75) is 26.2 Å². The van der Waals surface area contributed by atoms with Crippen LogP contribution in [0.4, 0.5) is 0 Å². The molecule has 0 bridgehead atoms. The van der Waals surface area contributed by atoms with E-state index in [-0.39, 0.29) is 0 Å². The number of hydrogen-bond donors (Lipinski definition) is 1. The van der Waals surface area contributed by atoms with Gasteiger partial charge in [0.15, 0.2) is 0 Å². The molecule has 5 nitrogen and oxygen atoms in total. The van der Waals surface area contributed by atoms with Gasteiger partial charge >= 0.3 is 0 Å². The van der Waals surface area contributed by atoms with Gasteiger partial charge in [0.05, 0.1) is 13.2 Å². The van der Waals surface area contributed by atoms with Crippen molar-refractivity contribution < 1.29 is 14.6 Å². The van der Waals surface area contributed by atoms with E-state index in [1.807, 2.05) is 6.07 Å². The molecule has 0 saturated carbocycles. The molecule has 6 heteroatoms. The molecular weight excluding hydrogens is 504 g/mol. The number of likely N-dealkylation sites (tertiary alicyclic amines) is 1. The number of morpholine rings is 1. The fourth-order valence-electron chi connectivity index (χ4n) is 5.89. The molecule has 2 fully saturated rings. The van der Waals surface area contributed by atoms with Crippen molar-refractivity contribution in [2.75, 3.05) is 59.1 Å². The minimum absolute atomic E-state index is 0.305. The number of phenols is 1. The van der Waals surface area contributed by atoms with Crippen LogP contribution in [0.25, 0.3) is 31.7 Å². The number of benzene rings is 3. The third-order valence-electron chi connectivity index (χ3n) is 8.18. The van der Waals surface area contributed by atoms with Crippen LogP contribution >= 0.6 is 11.3 Å². The molecule has 0 spiro atoms. The molecule has 0 unspecified atom stereocenters. The van der Waals surface area contributed by atoms with Crippen LogP contribution in [0.1, 0.15) is 24.0 Å². The predicted octanol–water partition coefficient (Wildman–Crippen LogP) is 6.60. The molecule has 0 aliphatic carbocycles. The van der Waals surface area contributed by atoms with Crippen molar-refractivity contribution in [3.8, 4) is 33.1 Å². The van der Waals surface area contributed by atoms with Crippen LogP contribution in [-0.2, 0) is 11.2 Å². The highest BCUT2D eigenvalue weighted by atomic mass is 32.1. The summed E-state index contributed by atoms with van der Waals surface area (Å²) in [5.41, 5.74) is 6.43. The number of phenolic OH excluding ortho intramolecular Hbond substituents is 1. The second-order valence-electron chi connectivity index (χ2n) is 10.7. The first kappa shape index (κ1) is 26.3. The molecule has 1 N–H and O–H groups in total. The first-order valence-corrected chi connectivity index (χ1v) is 15.1. The van der Waals surface area contributed by atoms with Gasteiger partial charge in [-0.25, -0.2) is 0 Å². The van der Waals surface area contributed by atoms with Crippen molar-refractivity contribution >= 4 is 21.4 Å². The van der Waals surface area contributed by atoms with Crippen LogP contribution < -0.4 is 4.74 Å². The van der Waals surface area contributed by atoms with E-state index in [4.69, 9.17) is 9.47 Å². The number of fused-ring (bicyclic) bond motifs is 1. The first-order chi connectivity index (χ1) is 19.2. The zero-order chi connectivity index (χ0) is 26.6. The van der Waals surface area contributed by atoms with Gasteiger partial charge in [-0.05, 0) is 104 Å². The molecule has 2 aliphatic heterocycles. The van der Waals surface area contributed by atoms with E-state index in [2.05, 4.69) is 65.3 Å². The lowest BCUT2D eigenvalue weighted by molar-refractivity contribution is 0.0384. The fourth-order valence-corrected chi connectivity index (χ4v) is 7.14. The van der Waals surface area contributed by atoms with Crippen LogP contribution in [0.2, 0.25) is 0 Å². The standard InChI is InChI=1S/C33H38N2O3S/c1-24-25(13-16-35-17-20-37-21-18-35)5-4-6-29(24)32-30-12-9-27(36)23-31(30)39-33(32)26-7-10-28(11-8-26)38-22-19-34-14-2-3-15-34/h4-12,23,36H,2-3,13-22H2,1H3. The van der Waals surface area contributed by atoms with Gasteiger partial charge in [0, 0.05) is 46.7 Å². The Balaban J connectivity index is 1.28. The van der Waals surface area contributed by atoms with Gasteiger partial charge in [-0.1, -0.05) is 18.2 Å². The summed E-state index contributed by atoms with van der Waals surface area (Å²) in [6.07, 6.45) is 3.64. The van der Waals surface area contributed by atoms with E-state index in [9.17, 15) is 5.11 Å². The molecule has 2 saturated heterocycles. The summed E-state index contributed by atoms with van der Waals surface area (Å²) in [4.78, 5) is 6.20. The largest absolute Gasteiger partial charge is 0.508 e. The van der Waals surface area contributed by atoms with Crippen molar-refractivity contribution in [3.63, 3.8) is 0 Å². The number of aromatic hydroxyl groups is 1. The third kappa shape index (κ3) is 5.99. The molecule has 4 aromatic rings. The molecule has 0 radical (unpaired) electrons. The van der Waals surface area contributed by atoms with Crippen molar-refractivity contribution in [1.82, 2.24) is 9.80 Å². The Hall–Kier alpha value is -2.90. The van der Waals surface area contributed by atoms with Gasteiger partial charge < -0.3 is 14.6 Å². The van der Waals surface area contributed by atoms with Crippen LogP contribution in [0, 0.1) is 6.92 Å². The number of thiophene rings is 1. The molecule has 6 rings (SSSR count). The zero-order valence-corrected chi connectivity index (χ0v) is 23.6. The minimum atomic E-state index is 0.305.